The largest absolute Gasteiger partial charge is 0.381 e. The van der Waals surface area contributed by atoms with E-state index in [2.05, 4.69) is 66.5 Å². The average Bonchev–Trinajstić information content (AvgIpc) is 2.87. The van der Waals surface area contributed by atoms with Crippen molar-refractivity contribution in [3.8, 4) is 0 Å². The number of nitrogens with one attached hydrogen (secondary N) is 1. The monoisotopic (exact) mass is 463 g/mol. The standard InChI is InChI=1S/C28H37N3O3/c1-21-17-22(2)19-24(18-21)28(10-15-34-16-11-28)27(33)31-14-13-30(20-25(31)26(32)29-3)12-9-23-7-5-4-6-8-23/h4-8,17-19,25H,9-16,20H2,1-3H3,(H,29,32)/t25-/m1/s1. The number of aryl methyl sites for hydroxylation is 2. The van der Waals surface area contributed by atoms with Crippen LogP contribution in [-0.2, 0) is 26.2 Å². The third kappa shape index (κ3) is 5.18. The number of amides is 2. The molecule has 0 unspecified atom stereocenters. The van der Waals surface area contributed by atoms with Gasteiger partial charge in [-0.1, -0.05) is 59.7 Å². The zero-order valence-corrected chi connectivity index (χ0v) is 20.7. The number of benzene rings is 2. The van der Waals surface area contributed by atoms with E-state index in [-0.39, 0.29) is 11.8 Å². The van der Waals surface area contributed by atoms with E-state index in [1.54, 1.807) is 7.05 Å². The second-order valence-electron chi connectivity index (χ2n) is 9.74. The Morgan fingerprint density at radius 1 is 1.03 bits per heavy atom. The molecule has 2 fully saturated rings. The predicted octanol–water partition coefficient (Wildman–Crippen LogP) is 2.85. The van der Waals surface area contributed by atoms with Crippen molar-refractivity contribution in [2.24, 2.45) is 0 Å². The highest BCUT2D eigenvalue weighted by Gasteiger charge is 2.47. The van der Waals surface area contributed by atoms with Crippen LogP contribution >= 0.6 is 0 Å². The zero-order valence-electron chi connectivity index (χ0n) is 20.7. The van der Waals surface area contributed by atoms with Gasteiger partial charge in [0, 0.05) is 46.4 Å². The van der Waals surface area contributed by atoms with Crippen molar-refractivity contribution in [2.75, 3.05) is 46.4 Å². The van der Waals surface area contributed by atoms with Crippen molar-refractivity contribution in [3.63, 3.8) is 0 Å². The lowest BCUT2D eigenvalue weighted by molar-refractivity contribution is -0.151. The van der Waals surface area contributed by atoms with Gasteiger partial charge in [0.1, 0.15) is 6.04 Å². The molecule has 2 amide bonds. The molecule has 0 aromatic heterocycles. The predicted molar refractivity (Wildman–Crippen MR) is 134 cm³/mol. The molecule has 2 aliphatic heterocycles. The molecule has 0 radical (unpaired) electrons. The van der Waals surface area contributed by atoms with Gasteiger partial charge >= 0.3 is 0 Å². The van der Waals surface area contributed by atoms with Crippen LogP contribution in [0.25, 0.3) is 0 Å². The van der Waals surface area contributed by atoms with Gasteiger partial charge in [-0.15, -0.1) is 0 Å². The molecule has 4 rings (SSSR count). The molecule has 1 N–H and O–H groups in total. The fourth-order valence-corrected chi connectivity index (χ4v) is 5.48. The SMILES string of the molecule is CNC(=O)[C@H]1CN(CCc2ccccc2)CCN1C(=O)C1(c2cc(C)cc(C)c2)CCOCC1. The van der Waals surface area contributed by atoms with Crippen molar-refractivity contribution < 1.29 is 14.3 Å². The van der Waals surface area contributed by atoms with Crippen LogP contribution in [0.4, 0.5) is 0 Å². The lowest BCUT2D eigenvalue weighted by atomic mass is 9.72. The van der Waals surface area contributed by atoms with E-state index in [0.717, 1.165) is 36.2 Å². The van der Waals surface area contributed by atoms with Crippen LogP contribution in [0.2, 0.25) is 0 Å². The maximum atomic E-state index is 14.3. The molecule has 0 spiro atoms. The van der Waals surface area contributed by atoms with Crippen LogP contribution < -0.4 is 5.32 Å². The first-order chi connectivity index (χ1) is 16.4. The summed E-state index contributed by atoms with van der Waals surface area (Å²) in [5, 5.41) is 2.80. The Morgan fingerprint density at radius 3 is 2.35 bits per heavy atom. The number of rotatable bonds is 6. The molecule has 1 atom stereocenters. The van der Waals surface area contributed by atoms with E-state index in [9.17, 15) is 9.59 Å². The lowest BCUT2D eigenvalue weighted by Gasteiger charge is -2.46. The maximum absolute atomic E-state index is 14.3. The summed E-state index contributed by atoms with van der Waals surface area (Å²) in [5.41, 5.74) is 4.01. The Balaban J connectivity index is 1.57. The molecule has 6 nitrogen and oxygen atoms in total. The van der Waals surface area contributed by atoms with Crippen molar-refractivity contribution in [3.05, 3.63) is 70.8 Å². The minimum atomic E-state index is -0.645. The molecule has 34 heavy (non-hydrogen) atoms. The molecule has 182 valence electrons. The van der Waals surface area contributed by atoms with Gasteiger partial charge in [-0.05, 0) is 44.2 Å². The van der Waals surface area contributed by atoms with Crippen molar-refractivity contribution >= 4 is 11.8 Å². The summed E-state index contributed by atoms with van der Waals surface area (Å²) in [6.45, 7) is 8.01. The summed E-state index contributed by atoms with van der Waals surface area (Å²) >= 11 is 0. The second kappa shape index (κ2) is 10.7. The van der Waals surface area contributed by atoms with Crippen LogP contribution in [0.15, 0.2) is 48.5 Å². The van der Waals surface area contributed by atoms with Gasteiger partial charge in [-0.25, -0.2) is 0 Å². The number of hydrogen-bond acceptors (Lipinski definition) is 4. The van der Waals surface area contributed by atoms with Crippen LogP contribution in [0, 0.1) is 13.8 Å². The number of carbonyl (C=O) groups is 2. The van der Waals surface area contributed by atoms with Gasteiger partial charge < -0.3 is 15.0 Å². The number of hydrogen-bond donors (Lipinski definition) is 1. The molecule has 2 heterocycles. The Morgan fingerprint density at radius 2 is 1.71 bits per heavy atom. The fraction of sp³-hybridized carbons (Fsp3) is 0.500. The zero-order chi connectivity index (χ0) is 24.1. The van der Waals surface area contributed by atoms with Gasteiger partial charge in [-0.3, -0.25) is 14.5 Å². The summed E-state index contributed by atoms with van der Waals surface area (Å²) in [5.74, 6) is -0.0301. The summed E-state index contributed by atoms with van der Waals surface area (Å²) in [6.07, 6.45) is 2.21. The number of ether oxygens (including phenoxy) is 1. The highest BCUT2D eigenvalue weighted by atomic mass is 16.5. The van der Waals surface area contributed by atoms with E-state index in [4.69, 9.17) is 4.74 Å². The van der Waals surface area contributed by atoms with Crippen LogP contribution in [0.3, 0.4) is 0 Å². The Labute approximate surface area is 203 Å². The molecule has 2 aromatic rings. The fourth-order valence-electron chi connectivity index (χ4n) is 5.48. The lowest BCUT2D eigenvalue weighted by Crippen LogP contribution is -2.64. The normalized spacial score (nSPS) is 20.7. The number of likely N-dealkylation sites (N-methyl/N-ethyl adjacent to an activating group) is 1. The molecule has 0 saturated carbocycles. The maximum Gasteiger partial charge on any atom is 0.243 e. The molecule has 6 heteroatoms. The van der Waals surface area contributed by atoms with Crippen LogP contribution in [-0.4, -0.2) is 74.1 Å². The molecule has 2 aromatic carbocycles. The topological polar surface area (TPSA) is 61.9 Å². The summed E-state index contributed by atoms with van der Waals surface area (Å²) in [4.78, 5) is 31.4. The second-order valence-corrected chi connectivity index (χ2v) is 9.74. The van der Waals surface area contributed by atoms with Crippen LogP contribution in [0.1, 0.15) is 35.1 Å². The van der Waals surface area contributed by atoms with Gasteiger partial charge in [0.2, 0.25) is 11.8 Å². The summed E-state index contributed by atoms with van der Waals surface area (Å²) in [7, 11) is 1.65. The Bertz CT molecular complexity index is 981. The van der Waals surface area contributed by atoms with Crippen LogP contribution in [0.5, 0.6) is 0 Å². The molecule has 2 aliphatic rings. The molecule has 0 bridgehead atoms. The highest BCUT2D eigenvalue weighted by Crippen LogP contribution is 2.38. The first-order valence-electron chi connectivity index (χ1n) is 12.4. The quantitative estimate of drug-likeness (QED) is 0.716. The third-order valence-electron chi connectivity index (χ3n) is 7.36. The average molecular weight is 464 g/mol. The van der Waals surface area contributed by atoms with Gasteiger partial charge in [0.25, 0.3) is 0 Å². The first kappa shape index (κ1) is 24.4. The third-order valence-corrected chi connectivity index (χ3v) is 7.36. The minimum absolute atomic E-state index is 0.0668. The summed E-state index contributed by atoms with van der Waals surface area (Å²) < 4.78 is 5.67. The molecule has 0 aliphatic carbocycles. The number of piperazine rings is 1. The van der Waals surface area contributed by atoms with Crippen molar-refractivity contribution in [1.29, 1.82) is 0 Å². The first-order valence-corrected chi connectivity index (χ1v) is 12.4. The minimum Gasteiger partial charge on any atom is -0.381 e. The number of nitrogens with zero attached hydrogens (tertiary/aromatic N) is 2. The Hall–Kier alpha value is -2.70. The van der Waals surface area contributed by atoms with E-state index in [1.165, 1.54) is 5.56 Å². The van der Waals surface area contributed by atoms with Crippen molar-refractivity contribution in [2.45, 2.75) is 44.6 Å². The van der Waals surface area contributed by atoms with Gasteiger partial charge in [-0.2, -0.15) is 0 Å². The molecular formula is C28H37N3O3. The molecular weight excluding hydrogens is 426 g/mol. The van der Waals surface area contributed by atoms with E-state index in [0.29, 0.717) is 39.1 Å². The van der Waals surface area contributed by atoms with Gasteiger partial charge in [0.05, 0.1) is 5.41 Å². The van der Waals surface area contributed by atoms with Gasteiger partial charge in [0.15, 0.2) is 0 Å². The van der Waals surface area contributed by atoms with E-state index >= 15 is 0 Å². The summed E-state index contributed by atoms with van der Waals surface area (Å²) in [6, 6.07) is 16.3. The van der Waals surface area contributed by atoms with E-state index in [1.807, 2.05) is 11.0 Å². The highest BCUT2D eigenvalue weighted by molar-refractivity contribution is 5.93. The Kier molecular flexibility index (Phi) is 7.69. The van der Waals surface area contributed by atoms with E-state index < -0.39 is 11.5 Å². The smallest absolute Gasteiger partial charge is 0.243 e. The van der Waals surface area contributed by atoms with Crippen molar-refractivity contribution in [1.82, 2.24) is 15.1 Å². The number of carbonyl (C=O) groups excluding carboxylic acids is 2. The molecule has 2 saturated heterocycles.